The van der Waals surface area contributed by atoms with Crippen molar-refractivity contribution in [3.8, 4) is 5.75 Å². The van der Waals surface area contributed by atoms with Gasteiger partial charge in [-0.15, -0.1) is 2.78 Å². The van der Waals surface area contributed by atoms with Crippen molar-refractivity contribution in [1.29, 1.82) is 0 Å². The van der Waals surface area contributed by atoms with Crippen LogP contribution >= 0.6 is 22.9 Å². The van der Waals surface area contributed by atoms with Gasteiger partial charge in [-0.25, -0.2) is 0 Å². The van der Waals surface area contributed by atoms with E-state index >= 15 is 0 Å². The van der Waals surface area contributed by atoms with Crippen LogP contribution in [-0.4, -0.2) is 5.11 Å². The molecule has 0 aliphatic rings. The monoisotopic (exact) mass is 236 g/mol. The maximum Gasteiger partial charge on any atom is 0.354 e. The van der Waals surface area contributed by atoms with Crippen LogP contribution in [0.4, 0.5) is 0 Å². The van der Waals surface area contributed by atoms with Crippen LogP contribution in [0.25, 0.3) is 0 Å². The lowest BCUT2D eigenvalue weighted by atomic mass is 10.3. The lowest BCUT2D eigenvalue weighted by Crippen LogP contribution is -2.21. The van der Waals surface area contributed by atoms with Gasteiger partial charge in [0.25, 0.3) is 0 Å². The largest absolute Gasteiger partial charge is 0.502 e. The van der Waals surface area contributed by atoms with E-state index in [9.17, 15) is 0 Å². The molecule has 0 amide bonds. The molecule has 0 saturated carbocycles. The molecule has 0 aliphatic carbocycles. The molecule has 0 spiro atoms. The van der Waals surface area contributed by atoms with E-state index in [1.807, 2.05) is 15.9 Å². The highest BCUT2D eigenvalue weighted by Crippen LogP contribution is 2.09. The van der Waals surface area contributed by atoms with E-state index in [-0.39, 0.29) is 0 Å². The zero-order valence-electron chi connectivity index (χ0n) is 5.00. The highest BCUT2D eigenvalue weighted by Gasteiger charge is 2.05. The Labute approximate surface area is 67.6 Å². The van der Waals surface area contributed by atoms with Gasteiger partial charge in [-0.05, 0) is 6.07 Å². The first kappa shape index (κ1) is 6.80. The van der Waals surface area contributed by atoms with Crippen LogP contribution in [-0.2, 0) is 0 Å². The van der Waals surface area contributed by atoms with E-state index < -0.39 is 0 Å². The molecular formula is C6H7INO+. The summed E-state index contributed by atoms with van der Waals surface area (Å²) in [6, 6.07) is 3.47. The molecule has 0 saturated heterocycles. The molecule has 1 aromatic heterocycles. The van der Waals surface area contributed by atoms with E-state index in [4.69, 9.17) is 5.11 Å². The molecule has 1 aromatic rings. The summed E-state index contributed by atoms with van der Waals surface area (Å²) in [6.07, 6.45) is 1.88. The molecule has 0 bridgehead atoms. The highest BCUT2D eigenvalue weighted by atomic mass is 127. The number of pyridine rings is 1. The summed E-state index contributed by atoms with van der Waals surface area (Å²) in [6.45, 7) is 1.86. The predicted octanol–water partition coefficient (Wildman–Crippen LogP) is 1.19. The number of rotatable bonds is 0. The second-order valence-corrected chi connectivity index (χ2v) is 2.83. The molecule has 2 nitrogen and oxygen atoms in total. The molecule has 3 heteroatoms. The van der Waals surface area contributed by atoms with E-state index in [0.717, 1.165) is 5.69 Å². The lowest BCUT2D eigenvalue weighted by molar-refractivity contribution is -0.449. The molecule has 0 aliphatic heterocycles. The molecule has 0 aromatic carbocycles. The van der Waals surface area contributed by atoms with E-state index in [0.29, 0.717) is 5.75 Å². The van der Waals surface area contributed by atoms with Crippen molar-refractivity contribution in [2.75, 3.05) is 0 Å². The minimum atomic E-state index is 0.340. The Morgan fingerprint density at radius 2 is 2.33 bits per heavy atom. The maximum atomic E-state index is 9.07. The van der Waals surface area contributed by atoms with E-state index in [1.165, 1.54) is 0 Å². The van der Waals surface area contributed by atoms with Gasteiger partial charge in [-0.1, -0.05) is 0 Å². The van der Waals surface area contributed by atoms with Gasteiger partial charge >= 0.3 is 22.9 Å². The van der Waals surface area contributed by atoms with Crippen molar-refractivity contribution in [2.24, 2.45) is 0 Å². The molecule has 1 rings (SSSR count). The smallest absolute Gasteiger partial charge is 0.354 e. The topological polar surface area (TPSA) is 24.1 Å². The molecule has 0 fully saturated rings. The molecule has 1 heterocycles. The van der Waals surface area contributed by atoms with Gasteiger partial charge in [0.15, 0.2) is 11.9 Å². The summed E-state index contributed by atoms with van der Waals surface area (Å²) in [5.41, 5.74) is 0.873. The number of hydrogen-bond acceptors (Lipinski definition) is 1. The van der Waals surface area contributed by atoms with E-state index in [2.05, 4.69) is 22.9 Å². The molecule has 48 valence electrons. The normalized spacial score (nSPS) is 9.56. The Hall–Kier alpha value is -0.320. The van der Waals surface area contributed by atoms with Crippen molar-refractivity contribution in [3.05, 3.63) is 24.0 Å². The summed E-state index contributed by atoms with van der Waals surface area (Å²) < 4.78 is 1.84. The molecule has 0 atom stereocenters. The fourth-order valence-corrected chi connectivity index (χ4v) is 0.984. The fraction of sp³-hybridized carbons (Fsp3) is 0.167. The summed E-state index contributed by atoms with van der Waals surface area (Å²) in [4.78, 5) is 0. The first-order chi connectivity index (χ1) is 4.22. The average molecular weight is 236 g/mol. The van der Waals surface area contributed by atoms with Crippen LogP contribution in [0.15, 0.2) is 18.3 Å². The summed E-state index contributed by atoms with van der Waals surface area (Å²) in [7, 11) is 0. The van der Waals surface area contributed by atoms with Crippen LogP contribution in [0.3, 0.4) is 0 Å². The van der Waals surface area contributed by atoms with Crippen molar-refractivity contribution in [2.45, 2.75) is 6.92 Å². The standard InChI is InChI=1S/C6H6INO/c1-5-6(9)3-2-4-8(5)7/h2-4H,1H3/p+1. The maximum absolute atomic E-state index is 9.07. The van der Waals surface area contributed by atoms with Crippen LogP contribution < -0.4 is 2.78 Å². The molecule has 9 heavy (non-hydrogen) atoms. The number of aromatic hydroxyl groups is 1. The first-order valence-electron chi connectivity index (χ1n) is 2.58. The Bertz CT molecular complexity index is 204. The van der Waals surface area contributed by atoms with Crippen LogP contribution in [0.2, 0.25) is 0 Å². The highest BCUT2D eigenvalue weighted by molar-refractivity contribution is 14.1. The Morgan fingerprint density at radius 3 is 2.78 bits per heavy atom. The van der Waals surface area contributed by atoms with Gasteiger partial charge in [0.05, 0.1) is 0 Å². The number of hydrogen-bond donors (Lipinski definition) is 1. The Kier molecular flexibility index (Phi) is 1.90. The summed E-state index contributed by atoms with van der Waals surface area (Å²) >= 11 is 2.11. The average Bonchev–Trinajstić information content (AvgIpc) is 1.83. The molecular weight excluding hydrogens is 229 g/mol. The van der Waals surface area contributed by atoms with Gasteiger partial charge in [-0.2, -0.15) is 0 Å². The third-order valence-electron chi connectivity index (χ3n) is 1.16. The van der Waals surface area contributed by atoms with Crippen molar-refractivity contribution in [3.63, 3.8) is 0 Å². The molecule has 0 radical (unpaired) electrons. The Morgan fingerprint density at radius 1 is 1.67 bits per heavy atom. The second-order valence-electron chi connectivity index (χ2n) is 1.79. The molecule has 1 N–H and O–H groups in total. The SMILES string of the molecule is Cc1c(O)ccc[n+]1I. The van der Waals surface area contributed by atoms with Gasteiger partial charge in [0.1, 0.15) is 0 Å². The Balaban J connectivity index is 3.25. The second kappa shape index (κ2) is 2.51. The van der Waals surface area contributed by atoms with Gasteiger partial charge in [0, 0.05) is 13.0 Å². The van der Waals surface area contributed by atoms with Crippen molar-refractivity contribution >= 4 is 22.9 Å². The number of aromatic nitrogens is 1. The zero-order chi connectivity index (χ0) is 6.85. The van der Waals surface area contributed by atoms with Gasteiger partial charge < -0.3 is 5.11 Å². The van der Waals surface area contributed by atoms with Crippen LogP contribution in [0.5, 0.6) is 5.75 Å². The van der Waals surface area contributed by atoms with Gasteiger partial charge in [-0.3, -0.25) is 0 Å². The minimum absolute atomic E-state index is 0.340. The number of halogens is 1. The van der Waals surface area contributed by atoms with E-state index in [1.54, 1.807) is 12.1 Å². The zero-order valence-corrected chi connectivity index (χ0v) is 7.16. The summed E-state index contributed by atoms with van der Waals surface area (Å²) in [5, 5.41) is 9.07. The number of nitrogens with zero attached hydrogens (tertiary/aromatic N) is 1. The quantitative estimate of drug-likeness (QED) is 0.672. The third-order valence-corrected chi connectivity index (χ3v) is 2.21. The summed E-state index contributed by atoms with van der Waals surface area (Å²) in [5.74, 6) is 0.340. The fourth-order valence-electron chi connectivity index (χ4n) is 0.552. The van der Waals surface area contributed by atoms with Gasteiger partial charge in [0.2, 0.25) is 5.69 Å². The minimum Gasteiger partial charge on any atom is -0.502 e. The van der Waals surface area contributed by atoms with Crippen molar-refractivity contribution in [1.82, 2.24) is 0 Å². The van der Waals surface area contributed by atoms with Crippen LogP contribution in [0, 0.1) is 6.92 Å². The third kappa shape index (κ3) is 1.32. The van der Waals surface area contributed by atoms with Crippen LogP contribution in [0.1, 0.15) is 5.69 Å². The predicted molar refractivity (Wildman–Crippen MR) is 42.5 cm³/mol. The lowest BCUT2D eigenvalue weighted by Gasteiger charge is -1.90. The van der Waals surface area contributed by atoms with Crippen molar-refractivity contribution < 1.29 is 7.89 Å². The first-order valence-corrected chi connectivity index (χ1v) is 3.54. The molecule has 0 unspecified atom stereocenters.